The van der Waals surface area contributed by atoms with E-state index in [0.717, 1.165) is 12.8 Å². The zero-order valence-electron chi connectivity index (χ0n) is 16.0. The Kier molecular flexibility index (Phi) is 5.56. The first-order valence-corrected chi connectivity index (χ1v) is 8.69. The second kappa shape index (κ2) is 7.37. The van der Waals surface area contributed by atoms with Crippen LogP contribution in [0.25, 0.3) is 0 Å². The van der Waals surface area contributed by atoms with Gasteiger partial charge in [-0.25, -0.2) is 0 Å². The molecule has 0 aliphatic carbocycles. The normalized spacial score (nSPS) is 19.3. The first kappa shape index (κ1) is 20.4. The molecule has 1 aliphatic rings. The standard InChI is InChI=1S/C19H25N5O3/c1-18(2)9-14(21)10-19(3,4)23(18)12-13(11-20)17(25)22-15-6-5-7-16(8-15)24(26)27/h5-8,12,14H,9-10,21H2,1-4H3,(H,22,25)/b13-12-. The summed E-state index contributed by atoms with van der Waals surface area (Å²) in [6.45, 7) is 8.10. The minimum atomic E-state index is -0.612. The number of nitrogens with two attached hydrogens (primary N) is 1. The van der Waals surface area contributed by atoms with E-state index >= 15 is 0 Å². The Morgan fingerprint density at radius 3 is 2.48 bits per heavy atom. The molecule has 1 amide bonds. The lowest BCUT2D eigenvalue weighted by atomic mass is 9.77. The zero-order chi connectivity index (χ0) is 20.4. The fourth-order valence-corrected chi connectivity index (χ4v) is 3.88. The van der Waals surface area contributed by atoms with E-state index < -0.39 is 10.8 Å². The van der Waals surface area contributed by atoms with Crippen LogP contribution in [-0.2, 0) is 4.79 Å². The molecular formula is C19H25N5O3. The van der Waals surface area contributed by atoms with Crippen molar-refractivity contribution in [1.29, 1.82) is 5.26 Å². The Morgan fingerprint density at radius 1 is 1.37 bits per heavy atom. The number of hydrogen-bond donors (Lipinski definition) is 2. The van der Waals surface area contributed by atoms with Gasteiger partial charge in [0, 0.05) is 41.1 Å². The van der Waals surface area contributed by atoms with E-state index in [4.69, 9.17) is 5.73 Å². The maximum atomic E-state index is 12.6. The Morgan fingerprint density at radius 2 is 1.96 bits per heavy atom. The summed E-state index contributed by atoms with van der Waals surface area (Å²) in [5, 5.41) is 22.9. The van der Waals surface area contributed by atoms with E-state index in [1.165, 1.54) is 24.3 Å². The van der Waals surface area contributed by atoms with Crippen LogP contribution in [0.2, 0.25) is 0 Å². The number of amides is 1. The lowest BCUT2D eigenvalue weighted by Gasteiger charge is -2.54. The minimum Gasteiger partial charge on any atom is -0.366 e. The van der Waals surface area contributed by atoms with Gasteiger partial charge in [0.2, 0.25) is 0 Å². The number of non-ortho nitro benzene ring substituents is 1. The highest BCUT2D eigenvalue weighted by molar-refractivity contribution is 6.06. The molecule has 1 fully saturated rings. The maximum absolute atomic E-state index is 12.6. The van der Waals surface area contributed by atoms with Crippen molar-refractivity contribution in [1.82, 2.24) is 4.90 Å². The first-order chi connectivity index (χ1) is 12.5. The van der Waals surface area contributed by atoms with Crippen molar-refractivity contribution in [2.24, 2.45) is 5.73 Å². The summed E-state index contributed by atoms with van der Waals surface area (Å²) in [7, 11) is 0. The molecule has 1 heterocycles. The van der Waals surface area contributed by atoms with Gasteiger partial charge in [-0.1, -0.05) is 6.07 Å². The Bertz CT molecular complexity index is 805. The van der Waals surface area contributed by atoms with Crippen molar-refractivity contribution in [3.63, 3.8) is 0 Å². The van der Waals surface area contributed by atoms with Crippen molar-refractivity contribution in [2.75, 3.05) is 5.32 Å². The number of nitrogens with one attached hydrogen (secondary N) is 1. The summed E-state index contributed by atoms with van der Waals surface area (Å²) in [5.74, 6) is -0.612. The number of hydrogen-bond acceptors (Lipinski definition) is 6. The van der Waals surface area contributed by atoms with Crippen molar-refractivity contribution in [3.8, 4) is 6.07 Å². The van der Waals surface area contributed by atoms with Crippen LogP contribution in [0.3, 0.4) is 0 Å². The molecule has 1 aliphatic heterocycles. The average Bonchev–Trinajstić information content (AvgIpc) is 2.52. The van der Waals surface area contributed by atoms with Crippen LogP contribution in [0.1, 0.15) is 40.5 Å². The summed E-state index contributed by atoms with van der Waals surface area (Å²) < 4.78 is 0. The monoisotopic (exact) mass is 371 g/mol. The maximum Gasteiger partial charge on any atom is 0.271 e. The summed E-state index contributed by atoms with van der Waals surface area (Å²) in [6.07, 6.45) is 3.04. The number of nitro groups is 1. The molecule has 0 bridgehead atoms. The van der Waals surface area contributed by atoms with Gasteiger partial charge >= 0.3 is 0 Å². The minimum absolute atomic E-state index is 0.0453. The van der Waals surface area contributed by atoms with Crippen LogP contribution in [0.4, 0.5) is 11.4 Å². The largest absolute Gasteiger partial charge is 0.366 e. The quantitative estimate of drug-likeness (QED) is 0.363. The first-order valence-electron chi connectivity index (χ1n) is 8.69. The summed E-state index contributed by atoms with van der Waals surface area (Å²) in [6, 6.07) is 7.57. The molecule has 0 spiro atoms. The number of benzene rings is 1. The highest BCUT2D eigenvalue weighted by Gasteiger charge is 2.43. The van der Waals surface area contributed by atoms with Crippen molar-refractivity contribution >= 4 is 17.3 Å². The molecular weight excluding hydrogens is 346 g/mol. The fraction of sp³-hybridized carbons (Fsp3) is 0.474. The van der Waals surface area contributed by atoms with E-state index in [2.05, 4.69) is 5.32 Å². The second-order valence-corrected chi connectivity index (χ2v) is 8.08. The third kappa shape index (κ3) is 4.63. The number of nitrogens with zero attached hydrogens (tertiary/aromatic N) is 3. The van der Waals surface area contributed by atoms with E-state index in [1.54, 1.807) is 6.20 Å². The number of likely N-dealkylation sites (tertiary alicyclic amines) is 1. The molecule has 0 unspecified atom stereocenters. The Balaban J connectivity index is 2.29. The fourth-order valence-electron chi connectivity index (χ4n) is 3.88. The van der Waals surface area contributed by atoms with Crippen LogP contribution in [0.15, 0.2) is 36.0 Å². The number of nitro benzene ring substituents is 1. The molecule has 2 rings (SSSR count). The molecule has 0 saturated carbocycles. The van der Waals surface area contributed by atoms with Crippen LogP contribution in [0, 0.1) is 21.4 Å². The Labute approximate surface area is 158 Å². The molecule has 1 aromatic rings. The lowest BCUT2D eigenvalue weighted by Crippen LogP contribution is -2.61. The van der Waals surface area contributed by atoms with Crippen LogP contribution in [0.5, 0.6) is 0 Å². The predicted octanol–water partition coefficient (Wildman–Crippen LogP) is 2.92. The van der Waals surface area contributed by atoms with Crippen LogP contribution in [-0.4, -0.2) is 32.9 Å². The van der Waals surface area contributed by atoms with Gasteiger partial charge in [0.05, 0.1) is 4.92 Å². The van der Waals surface area contributed by atoms with E-state index in [9.17, 15) is 20.2 Å². The van der Waals surface area contributed by atoms with Crippen LogP contribution >= 0.6 is 0 Å². The number of carbonyl (C=O) groups is 1. The number of anilines is 1. The third-order valence-corrected chi connectivity index (χ3v) is 4.77. The molecule has 8 nitrogen and oxygen atoms in total. The van der Waals surface area contributed by atoms with Gasteiger partial charge < -0.3 is 16.0 Å². The van der Waals surface area contributed by atoms with Crippen molar-refractivity contribution in [2.45, 2.75) is 57.7 Å². The molecule has 27 heavy (non-hydrogen) atoms. The van der Waals surface area contributed by atoms with Gasteiger partial charge in [-0.3, -0.25) is 14.9 Å². The van der Waals surface area contributed by atoms with Crippen molar-refractivity contribution in [3.05, 3.63) is 46.2 Å². The van der Waals surface area contributed by atoms with Gasteiger partial charge in [-0.15, -0.1) is 0 Å². The number of carbonyl (C=O) groups excluding carboxylic acids is 1. The molecule has 0 atom stereocenters. The van der Waals surface area contributed by atoms with Gasteiger partial charge in [0.25, 0.3) is 11.6 Å². The van der Waals surface area contributed by atoms with Gasteiger partial charge in [0.1, 0.15) is 11.6 Å². The Hall–Kier alpha value is -2.92. The molecule has 0 radical (unpaired) electrons. The lowest BCUT2D eigenvalue weighted by molar-refractivity contribution is -0.384. The van der Waals surface area contributed by atoms with Gasteiger partial charge in [-0.2, -0.15) is 5.26 Å². The number of piperidine rings is 1. The molecule has 0 aromatic heterocycles. The van der Waals surface area contributed by atoms with Gasteiger partial charge in [-0.05, 0) is 46.6 Å². The van der Waals surface area contributed by atoms with Gasteiger partial charge in [0.15, 0.2) is 0 Å². The molecule has 3 N–H and O–H groups in total. The highest BCUT2D eigenvalue weighted by Crippen LogP contribution is 2.38. The summed E-state index contributed by atoms with van der Waals surface area (Å²) >= 11 is 0. The van der Waals surface area contributed by atoms with E-state index in [1.807, 2.05) is 38.7 Å². The summed E-state index contributed by atoms with van der Waals surface area (Å²) in [5.41, 5.74) is 5.57. The number of rotatable bonds is 4. The average molecular weight is 371 g/mol. The zero-order valence-corrected chi connectivity index (χ0v) is 16.0. The smallest absolute Gasteiger partial charge is 0.271 e. The van der Waals surface area contributed by atoms with Crippen molar-refractivity contribution < 1.29 is 9.72 Å². The highest BCUT2D eigenvalue weighted by atomic mass is 16.6. The molecule has 1 aromatic carbocycles. The number of nitriles is 1. The molecule has 8 heteroatoms. The summed E-state index contributed by atoms with van der Waals surface area (Å²) in [4.78, 5) is 24.9. The van der Waals surface area contributed by atoms with E-state index in [0.29, 0.717) is 0 Å². The second-order valence-electron chi connectivity index (χ2n) is 8.08. The molecule has 1 saturated heterocycles. The third-order valence-electron chi connectivity index (χ3n) is 4.77. The predicted molar refractivity (Wildman–Crippen MR) is 103 cm³/mol. The van der Waals surface area contributed by atoms with Crippen LogP contribution < -0.4 is 11.1 Å². The molecule has 144 valence electrons. The SMILES string of the molecule is CC1(C)CC(N)CC(C)(C)N1/C=C(/C#N)C(=O)Nc1cccc([N+](=O)[O-])c1. The topological polar surface area (TPSA) is 125 Å². The van der Waals surface area contributed by atoms with E-state index in [-0.39, 0.29) is 34.1 Å².